The highest BCUT2D eigenvalue weighted by atomic mass is 35.5. The highest BCUT2D eigenvalue weighted by molar-refractivity contribution is 5.90. The molecule has 0 aliphatic carbocycles. The maximum Gasteiger partial charge on any atom is 0.241 e. The molecule has 3 rings (SSSR count). The number of nitrogens with one attached hydrogen (secondary N) is 1. The highest BCUT2D eigenvalue weighted by Crippen LogP contribution is 2.38. The van der Waals surface area contributed by atoms with E-state index in [1.807, 2.05) is 54.6 Å². The van der Waals surface area contributed by atoms with Crippen molar-refractivity contribution < 1.29 is 23.8 Å². The summed E-state index contributed by atoms with van der Waals surface area (Å²) in [6.07, 6.45) is -0.494. The molecule has 0 saturated carbocycles. The van der Waals surface area contributed by atoms with Crippen LogP contribution >= 0.6 is 12.4 Å². The van der Waals surface area contributed by atoms with E-state index in [1.54, 1.807) is 28.4 Å². The van der Waals surface area contributed by atoms with Gasteiger partial charge in [-0.25, -0.2) is 0 Å². The lowest BCUT2D eigenvalue weighted by atomic mass is 10.1. The lowest BCUT2D eigenvalue weighted by Crippen LogP contribution is -2.68. The van der Waals surface area contributed by atoms with E-state index in [-0.39, 0.29) is 41.8 Å². The fourth-order valence-corrected chi connectivity index (χ4v) is 4.13. The summed E-state index contributed by atoms with van der Waals surface area (Å²) >= 11 is 0. The lowest BCUT2D eigenvalue weighted by Gasteiger charge is -2.47. The second kappa shape index (κ2) is 12.2. The molecule has 3 atom stereocenters. The standard InChI is InChI=1S/C23H31N3O5.ClH/c1-28-20-13-9-8-12-19(20)26(31-4)15-14-25(17-23(26)30-3)22(29-2)16-21(27)24-18-10-6-5-7-11-18;/h5-13,22-23H,14-17H2,1-4H3;1H/p+1. The van der Waals surface area contributed by atoms with Crippen LogP contribution in [0.4, 0.5) is 11.4 Å². The van der Waals surface area contributed by atoms with E-state index in [1.165, 1.54) is 0 Å². The molecule has 0 bridgehead atoms. The number of carbonyl (C=O) groups excluding carboxylic acids is 1. The van der Waals surface area contributed by atoms with Crippen LogP contribution in [0.1, 0.15) is 6.42 Å². The summed E-state index contributed by atoms with van der Waals surface area (Å²) in [6.45, 7) is 1.79. The maximum absolute atomic E-state index is 12.6. The minimum atomic E-state index is -0.377. The van der Waals surface area contributed by atoms with Crippen molar-refractivity contribution in [2.45, 2.75) is 18.9 Å². The van der Waals surface area contributed by atoms with E-state index >= 15 is 0 Å². The van der Waals surface area contributed by atoms with E-state index in [0.717, 1.165) is 17.1 Å². The van der Waals surface area contributed by atoms with E-state index < -0.39 is 0 Å². The molecule has 1 fully saturated rings. The van der Waals surface area contributed by atoms with E-state index in [2.05, 4.69) is 10.2 Å². The van der Waals surface area contributed by atoms with Gasteiger partial charge in [0.05, 0.1) is 33.7 Å². The molecule has 2 aromatic carbocycles. The minimum absolute atomic E-state index is 0. The molecule has 8 nitrogen and oxygen atoms in total. The lowest BCUT2D eigenvalue weighted by molar-refractivity contribution is -0.251. The molecule has 176 valence electrons. The van der Waals surface area contributed by atoms with Crippen LogP contribution in [-0.2, 0) is 19.1 Å². The van der Waals surface area contributed by atoms with E-state index in [4.69, 9.17) is 19.0 Å². The van der Waals surface area contributed by atoms with Crippen molar-refractivity contribution in [3.05, 3.63) is 54.6 Å². The molecule has 1 aliphatic rings. The predicted octanol–water partition coefficient (Wildman–Crippen LogP) is 3.28. The molecule has 9 heteroatoms. The number of hydrogen-bond acceptors (Lipinski definition) is 6. The van der Waals surface area contributed by atoms with Gasteiger partial charge in [0, 0.05) is 26.0 Å². The van der Waals surface area contributed by atoms with Gasteiger partial charge in [-0.1, -0.05) is 30.3 Å². The molecule has 1 amide bonds. The number of quaternary nitrogens is 1. The zero-order chi connectivity index (χ0) is 22.3. The highest BCUT2D eigenvalue weighted by Gasteiger charge is 2.49. The van der Waals surface area contributed by atoms with Gasteiger partial charge in [0.25, 0.3) is 0 Å². The third-order valence-corrected chi connectivity index (χ3v) is 5.76. The number of anilines is 1. The Morgan fingerprint density at radius 1 is 1.09 bits per heavy atom. The Morgan fingerprint density at radius 2 is 1.78 bits per heavy atom. The molecule has 0 spiro atoms. The fraction of sp³-hybridized carbons (Fsp3) is 0.435. The van der Waals surface area contributed by atoms with Gasteiger partial charge in [0.15, 0.2) is 5.75 Å². The van der Waals surface area contributed by atoms with Crippen LogP contribution in [-0.4, -0.2) is 71.3 Å². The first-order valence-electron chi connectivity index (χ1n) is 10.3. The quantitative estimate of drug-likeness (QED) is 0.572. The minimum Gasteiger partial charge on any atom is -0.491 e. The maximum atomic E-state index is 12.6. The number of carbonyl (C=O) groups is 1. The number of amides is 1. The van der Waals surface area contributed by atoms with Crippen LogP contribution in [0.3, 0.4) is 0 Å². The van der Waals surface area contributed by atoms with Crippen LogP contribution in [0.15, 0.2) is 54.6 Å². The third-order valence-electron chi connectivity index (χ3n) is 5.76. The smallest absolute Gasteiger partial charge is 0.241 e. The van der Waals surface area contributed by atoms with Crippen molar-refractivity contribution >= 4 is 29.7 Å². The van der Waals surface area contributed by atoms with Crippen LogP contribution in [0.25, 0.3) is 0 Å². The van der Waals surface area contributed by atoms with Crippen molar-refractivity contribution in [3.63, 3.8) is 0 Å². The predicted molar refractivity (Wildman–Crippen MR) is 127 cm³/mol. The first kappa shape index (κ1) is 26.1. The summed E-state index contributed by atoms with van der Waals surface area (Å²) in [6, 6.07) is 17.2. The molecular formula is C23H33ClN3O5+. The average Bonchev–Trinajstić information content (AvgIpc) is 2.82. The van der Waals surface area contributed by atoms with Gasteiger partial charge >= 0.3 is 0 Å². The Balaban J connectivity index is 0.00000363. The second-order valence-corrected chi connectivity index (χ2v) is 7.37. The van der Waals surface area contributed by atoms with Gasteiger partial charge < -0.3 is 19.5 Å². The Morgan fingerprint density at radius 3 is 2.41 bits per heavy atom. The largest absolute Gasteiger partial charge is 0.491 e. The topological polar surface area (TPSA) is 69.3 Å². The summed E-state index contributed by atoms with van der Waals surface area (Å²) in [5, 5.41) is 2.92. The second-order valence-electron chi connectivity index (χ2n) is 7.37. The average molecular weight is 467 g/mol. The number of ether oxygens (including phenoxy) is 3. The van der Waals surface area contributed by atoms with Gasteiger partial charge in [0.1, 0.15) is 12.8 Å². The summed E-state index contributed by atoms with van der Waals surface area (Å²) in [5.74, 6) is 0.639. The number of benzene rings is 2. The summed E-state index contributed by atoms with van der Waals surface area (Å²) in [4.78, 5) is 20.7. The van der Waals surface area contributed by atoms with Crippen molar-refractivity contribution in [2.75, 3.05) is 53.4 Å². The normalized spacial score (nSPS) is 21.9. The number of hydrogen-bond donors (Lipinski definition) is 1. The molecule has 1 heterocycles. The van der Waals surface area contributed by atoms with Gasteiger partial charge in [-0.15, -0.1) is 17.1 Å². The van der Waals surface area contributed by atoms with Crippen LogP contribution < -0.4 is 14.7 Å². The zero-order valence-corrected chi connectivity index (χ0v) is 19.8. The molecule has 1 aliphatic heterocycles. The van der Waals surface area contributed by atoms with Crippen LogP contribution in [0.5, 0.6) is 5.75 Å². The Labute approximate surface area is 195 Å². The van der Waals surface area contributed by atoms with E-state index in [0.29, 0.717) is 19.6 Å². The number of nitrogens with zero attached hydrogens (tertiary/aromatic N) is 2. The van der Waals surface area contributed by atoms with Gasteiger partial charge in [-0.05, 0) is 18.2 Å². The molecule has 32 heavy (non-hydrogen) atoms. The Bertz CT molecular complexity index is 857. The van der Waals surface area contributed by atoms with Gasteiger partial charge in [-0.3, -0.25) is 9.69 Å². The molecule has 0 radical (unpaired) electrons. The van der Waals surface area contributed by atoms with Gasteiger partial charge in [-0.2, -0.15) is 4.84 Å². The Kier molecular flexibility index (Phi) is 9.89. The molecule has 1 saturated heterocycles. The van der Waals surface area contributed by atoms with Crippen molar-refractivity contribution in [1.29, 1.82) is 0 Å². The molecule has 1 N–H and O–H groups in total. The third kappa shape index (κ3) is 5.58. The molecule has 0 aromatic heterocycles. The zero-order valence-electron chi connectivity index (χ0n) is 19.0. The van der Waals surface area contributed by atoms with Crippen molar-refractivity contribution in [2.24, 2.45) is 0 Å². The molecule has 3 unspecified atom stereocenters. The monoisotopic (exact) mass is 466 g/mol. The summed E-state index contributed by atoms with van der Waals surface area (Å²) in [7, 11) is 6.61. The van der Waals surface area contributed by atoms with Crippen LogP contribution in [0, 0.1) is 0 Å². The summed E-state index contributed by atoms with van der Waals surface area (Å²) in [5.41, 5.74) is 1.66. The number of rotatable bonds is 9. The first-order valence-corrected chi connectivity index (χ1v) is 10.3. The Hall–Kier alpha value is -2.20. The number of halogens is 1. The van der Waals surface area contributed by atoms with Crippen molar-refractivity contribution in [3.8, 4) is 5.75 Å². The molecular weight excluding hydrogens is 434 g/mol. The van der Waals surface area contributed by atoms with Gasteiger partial charge in [0.2, 0.25) is 17.8 Å². The summed E-state index contributed by atoms with van der Waals surface area (Å²) < 4.78 is 17.3. The molecule has 2 aromatic rings. The number of hydroxylamine groups is 2. The van der Waals surface area contributed by atoms with Crippen LogP contribution in [0.2, 0.25) is 0 Å². The van der Waals surface area contributed by atoms with Crippen molar-refractivity contribution in [1.82, 2.24) is 9.55 Å². The van der Waals surface area contributed by atoms with E-state index in [9.17, 15) is 4.79 Å². The number of para-hydroxylation sites is 3. The number of piperazine rings is 1. The number of methoxy groups -OCH3 is 3. The SMILES string of the molecule is COc1ccccc1[N+]1(OC)CCN(C(CC(=O)Nc2ccccc2)OC)CC1OC.Cl. The fourth-order valence-electron chi connectivity index (χ4n) is 4.13. The first-order chi connectivity index (χ1) is 15.1.